The first kappa shape index (κ1) is 14.2. The quantitative estimate of drug-likeness (QED) is 0.804. The highest BCUT2D eigenvalue weighted by molar-refractivity contribution is 5.93. The molecule has 4 heteroatoms. The summed E-state index contributed by atoms with van der Waals surface area (Å²) in [4.78, 5) is 20.6. The molecule has 1 aromatic carbocycles. The Hall–Kier alpha value is -2.75. The van der Waals surface area contributed by atoms with E-state index in [4.69, 9.17) is 0 Å². The Kier molecular flexibility index (Phi) is 4.10. The zero-order chi connectivity index (χ0) is 15.4. The van der Waals surface area contributed by atoms with E-state index >= 15 is 0 Å². The van der Waals surface area contributed by atoms with Gasteiger partial charge in [-0.25, -0.2) is 0 Å². The van der Waals surface area contributed by atoms with Crippen molar-refractivity contribution in [1.29, 1.82) is 0 Å². The summed E-state index contributed by atoms with van der Waals surface area (Å²) in [6, 6.07) is 13.7. The van der Waals surface area contributed by atoms with Crippen molar-refractivity contribution in [2.24, 2.45) is 0 Å². The van der Waals surface area contributed by atoms with Gasteiger partial charge in [0.1, 0.15) is 0 Å². The van der Waals surface area contributed by atoms with Crippen LogP contribution in [0.2, 0.25) is 0 Å². The molecule has 0 fully saturated rings. The molecule has 0 saturated carbocycles. The lowest BCUT2D eigenvalue weighted by Gasteiger charge is -2.07. The first-order valence-corrected chi connectivity index (χ1v) is 7.27. The fourth-order valence-electron chi connectivity index (χ4n) is 2.38. The van der Waals surface area contributed by atoms with Gasteiger partial charge in [0.25, 0.3) is 5.91 Å². The van der Waals surface area contributed by atoms with Gasteiger partial charge in [0, 0.05) is 30.0 Å². The van der Waals surface area contributed by atoms with E-state index in [1.165, 1.54) is 0 Å². The molecule has 0 saturated heterocycles. The summed E-state index contributed by atoms with van der Waals surface area (Å²) in [6.45, 7) is 2.47. The number of benzene rings is 1. The first-order valence-electron chi connectivity index (χ1n) is 7.27. The van der Waals surface area contributed by atoms with Gasteiger partial charge in [0.05, 0.1) is 11.1 Å². The minimum Gasteiger partial charge on any atom is -0.352 e. The molecule has 4 nitrogen and oxygen atoms in total. The molecule has 0 aliphatic heterocycles. The summed E-state index contributed by atoms with van der Waals surface area (Å²) in [5, 5.41) is 4.04. The lowest BCUT2D eigenvalue weighted by Crippen LogP contribution is -2.25. The molecular weight excluding hydrogens is 274 g/mol. The van der Waals surface area contributed by atoms with E-state index in [0.29, 0.717) is 12.1 Å². The van der Waals surface area contributed by atoms with Gasteiger partial charge in [-0.1, -0.05) is 24.3 Å². The second kappa shape index (κ2) is 6.35. The lowest BCUT2D eigenvalue weighted by atomic mass is 10.1. The highest BCUT2D eigenvalue weighted by Crippen LogP contribution is 2.16. The number of aromatic nitrogens is 2. The number of carbonyl (C=O) groups excluding carboxylic acids is 1. The Balaban J connectivity index is 1.65. The SMILES string of the molecule is Cc1ccc(C(=O)NCCc2cccc3cccnc23)cn1. The number of rotatable bonds is 4. The third-order valence-electron chi connectivity index (χ3n) is 3.57. The van der Waals surface area contributed by atoms with Gasteiger partial charge in [-0.05, 0) is 37.1 Å². The van der Waals surface area contributed by atoms with Gasteiger partial charge >= 0.3 is 0 Å². The smallest absolute Gasteiger partial charge is 0.252 e. The van der Waals surface area contributed by atoms with Gasteiger partial charge in [-0.2, -0.15) is 0 Å². The molecule has 0 radical (unpaired) electrons. The zero-order valence-corrected chi connectivity index (χ0v) is 12.4. The van der Waals surface area contributed by atoms with Gasteiger partial charge < -0.3 is 5.32 Å². The number of nitrogens with one attached hydrogen (secondary N) is 1. The Labute approximate surface area is 129 Å². The standard InChI is InChI=1S/C18H17N3O/c1-13-7-8-16(12-21-13)18(22)20-11-9-15-5-2-4-14-6-3-10-19-17(14)15/h2-8,10,12H,9,11H2,1H3,(H,20,22). The number of fused-ring (bicyclic) bond motifs is 1. The largest absolute Gasteiger partial charge is 0.352 e. The third kappa shape index (κ3) is 3.11. The predicted octanol–water partition coefficient (Wildman–Crippen LogP) is 2.91. The monoisotopic (exact) mass is 291 g/mol. The van der Waals surface area contributed by atoms with Crippen molar-refractivity contribution in [3.63, 3.8) is 0 Å². The van der Waals surface area contributed by atoms with E-state index in [1.807, 2.05) is 37.3 Å². The molecule has 0 aliphatic carbocycles. The van der Waals surface area contributed by atoms with Crippen LogP contribution < -0.4 is 5.32 Å². The van der Waals surface area contributed by atoms with Crippen LogP contribution in [-0.4, -0.2) is 22.4 Å². The number of amides is 1. The van der Waals surface area contributed by atoms with Crippen LogP contribution in [-0.2, 0) is 6.42 Å². The molecule has 2 heterocycles. The molecule has 3 rings (SSSR count). The molecule has 0 atom stereocenters. The second-order valence-electron chi connectivity index (χ2n) is 5.19. The first-order chi connectivity index (χ1) is 10.7. The number of para-hydroxylation sites is 1. The maximum atomic E-state index is 12.0. The van der Waals surface area contributed by atoms with Crippen molar-refractivity contribution in [3.8, 4) is 0 Å². The Morgan fingerprint density at radius 2 is 1.95 bits per heavy atom. The highest BCUT2D eigenvalue weighted by atomic mass is 16.1. The number of nitrogens with zero attached hydrogens (tertiary/aromatic N) is 2. The predicted molar refractivity (Wildman–Crippen MR) is 86.8 cm³/mol. The third-order valence-corrected chi connectivity index (χ3v) is 3.57. The van der Waals surface area contributed by atoms with E-state index in [-0.39, 0.29) is 5.91 Å². The number of hydrogen-bond donors (Lipinski definition) is 1. The van der Waals surface area contributed by atoms with E-state index < -0.39 is 0 Å². The number of aryl methyl sites for hydroxylation is 1. The van der Waals surface area contributed by atoms with Gasteiger partial charge in [-0.3, -0.25) is 14.8 Å². The molecule has 22 heavy (non-hydrogen) atoms. The van der Waals surface area contributed by atoms with E-state index in [9.17, 15) is 4.79 Å². The number of hydrogen-bond acceptors (Lipinski definition) is 3. The topological polar surface area (TPSA) is 54.9 Å². The fourth-order valence-corrected chi connectivity index (χ4v) is 2.38. The summed E-state index contributed by atoms with van der Waals surface area (Å²) in [5.41, 5.74) is 3.62. The zero-order valence-electron chi connectivity index (χ0n) is 12.4. The van der Waals surface area contributed by atoms with Crippen LogP contribution in [0.1, 0.15) is 21.6 Å². The number of pyridine rings is 2. The molecule has 1 N–H and O–H groups in total. The fraction of sp³-hybridized carbons (Fsp3) is 0.167. The average molecular weight is 291 g/mol. The summed E-state index contributed by atoms with van der Waals surface area (Å²) in [7, 11) is 0. The summed E-state index contributed by atoms with van der Waals surface area (Å²) < 4.78 is 0. The van der Waals surface area contributed by atoms with Crippen LogP contribution in [0.4, 0.5) is 0 Å². The molecule has 0 bridgehead atoms. The van der Waals surface area contributed by atoms with Crippen molar-refractivity contribution in [2.75, 3.05) is 6.54 Å². The van der Waals surface area contributed by atoms with Crippen molar-refractivity contribution >= 4 is 16.8 Å². The molecule has 3 aromatic rings. The summed E-state index contributed by atoms with van der Waals surface area (Å²) in [5.74, 6) is -0.0966. The van der Waals surface area contributed by atoms with Crippen molar-refractivity contribution in [1.82, 2.24) is 15.3 Å². The molecule has 0 unspecified atom stereocenters. The van der Waals surface area contributed by atoms with E-state index in [0.717, 1.165) is 28.6 Å². The minimum atomic E-state index is -0.0966. The van der Waals surface area contributed by atoms with Crippen LogP contribution in [0.15, 0.2) is 54.9 Å². The summed E-state index contributed by atoms with van der Waals surface area (Å²) in [6.07, 6.45) is 4.14. The van der Waals surface area contributed by atoms with Gasteiger partial charge in [-0.15, -0.1) is 0 Å². The van der Waals surface area contributed by atoms with Crippen LogP contribution in [0.3, 0.4) is 0 Å². The summed E-state index contributed by atoms with van der Waals surface area (Å²) >= 11 is 0. The average Bonchev–Trinajstić information content (AvgIpc) is 2.55. The highest BCUT2D eigenvalue weighted by Gasteiger charge is 2.06. The van der Waals surface area contributed by atoms with Crippen molar-refractivity contribution in [2.45, 2.75) is 13.3 Å². The molecule has 2 aromatic heterocycles. The van der Waals surface area contributed by atoms with Crippen LogP contribution in [0, 0.1) is 6.92 Å². The molecule has 110 valence electrons. The lowest BCUT2D eigenvalue weighted by molar-refractivity contribution is 0.0954. The normalized spacial score (nSPS) is 10.6. The van der Waals surface area contributed by atoms with Crippen LogP contribution in [0.5, 0.6) is 0 Å². The van der Waals surface area contributed by atoms with Crippen LogP contribution >= 0.6 is 0 Å². The van der Waals surface area contributed by atoms with E-state index in [1.54, 1.807) is 18.5 Å². The van der Waals surface area contributed by atoms with E-state index in [2.05, 4.69) is 21.4 Å². The maximum absolute atomic E-state index is 12.0. The molecular formula is C18H17N3O. The van der Waals surface area contributed by atoms with Gasteiger partial charge in [0.15, 0.2) is 0 Å². The Bertz CT molecular complexity index is 792. The van der Waals surface area contributed by atoms with Crippen molar-refractivity contribution in [3.05, 3.63) is 71.7 Å². The minimum absolute atomic E-state index is 0.0966. The maximum Gasteiger partial charge on any atom is 0.252 e. The number of carbonyl (C=O) groups is 1. The second-order valence-corrected chi connectivity index (χ2v) is 5.19. The Morgan fingerprint density at radius 3 is 2.77 bits per heavy atom. The molecule has 1 amide bonds. The molecule has 0 spiro atoms. The van der Waals surface area contributed by atoms with Crippen molar-refractivity contribution < 1.29 is 4.79 Å². The molecule has 0 aliphatic rings. The Morgan fingerprint density at radius 1 is 1.09 bits per heavy atom. The van der Waals surface area contributed by atoms with Crippen LogP contribution in [0.25, 0.3) is 10.9 Å². The van der Waals surface area contributed by atoms with Gasteiger partial charge in [0.2, 0.25) is 0 Å².